The minimum Gasteiger partial charge on any atom is -0.493 e. The maximum atomic E-state index is 6.01. The summed E-state index contributed by atoms with van der Waals surface area (Å²) in [6.45, 7) is 1.91. The van der Waals surface area contributed by atoms with Crippen molar-refractivity contribution < 1.29 is 18.9 Å². The number of methoxy groups -OCH3 is 1. The molecule has 7 nitrogen and oxygen atoms in total. The largest absolute Gasteiger partial charge is 0.493 e. The zero-order chi connectivity index (χ0) is 21.3. The molecule has 1 saturated heterocycles. The fourth-order valence-corrected chi connectivity index (χ4v) is 3.80. The molecule has 0 amide bonds. The third-order valence-electron chi connectivity index (χ3n) is 4.66. The highest BCUT2D eigenvalue weighted by Crippen LogP contribution is 2.31. The van der Waals surface area contributed by atoms with Gasteiger partial charge in [0.1, 0.15) is 0 Å². The Morgan fingerprint density at radius 1 is 1.16 bits per heavy atom. The first-order valence-electron chi connectivity index (χ1n) is 10.2. The molecule has 0 spiro atoms. The average Bonchev–Trinajstić information content (AvgIpc) is 3.30. The predicted octanol–water partition coefficient (Wildman–Crippen LogP) is 4.80. The molecule has 2 aromatic carbocycles. The van der Waals surface area contributed by atoms with Gasteiger partial charge in [0.25, 0.3) is 0 Å². The maximum absolute atomic E-state index is 6.01. The fraction of sp³-hybridized carbons (Fsp3) is 0.304. The van der Waals surface area contributed by atoms with Crippen LogP contribution in [0, 0.1) is 0 Å². The molecule has 0 atom stereocenters. The number of nitrogens with zero attached hydrogens (tertiary/aromatic N) is 2. The first kappa shape index (κ1) is 21.3. The normalized spacial score (nSPS) is 14.6. The van der Waals surface area contributed by atoms with E-state index >= 15 is 0 Å². The molecule has 8 heteroatoms. The minimum atomic E-state index is -0.217. The Morgan fingerprint density at radius 2 is 2.00 bits per heavy atom. The summed E-state index contributed by atoms with van der Waals surface area (Å²) in [6.07, 6.45) is 3.07. The van der Waals surface area contributed by atoms with Gasteiger partial charge in [0.2, 0.25) is 5.13 Å². The Morgan fingerprint density at radius 3 is 2.81 bits per heavy atom. The molecule has 0 bridgehead atoms. The molecule has 3 aromatic rings. The topological polar surface area (TPSA) is 74.2 Å². The van der Waals surface area contributed by atoms with Crippen LogP contribution in [0.1, 0.15) is 18.4 Å². The molecule has 0 aliphatic carbocycles. The fourth-order valence-electron chi connectivity index (χ4n) is 3.13. The highest BCUT2D eigenvalue weighted by atomic mass is 32.1. The number of anilines is 1. The van der Waals surface area contributed by atoms with Crippen molar-refractivity contribution in [2.45, 2.75) is 19.1 Å². The molecule has 4 rings (SSSR count). The number of hydrogen-bond donors (Lipinski definition) is 1. The van der Waals surface area contributed by atoms with Gasteiger partial charge in [-0.2, -0.15) is 5.10 Å². The second kappa shape index (κ2) is 10.9. The third kappa shape index (κ3) is 5.81. The van der Waals surface area contributed by atoms with Crippen LogP contribution in [0.2, 0.25) is 0 Å². The van der Waals surface area contributed by atoms with Gasteiger partial charge >= 0.3 is 0 Å². The Bertz CT molecular complexity index is 987. The monoisotopic (exact) mass is 439 g/mol. The smallest absolute Gasteiger partial charge is 0.203 e. The van der Waals surface area contributed by atoms with Crippen LogP contribution in [0.5, 0.6) is 11.5 Å². The molecule has 1 aliphatic rings. The summed E-state index contributed by atoms with van der Waals surface area (Å²) in [4.78, 5) is 4.58. The Hall–Kier alpha value is -2.94. The molecule has 0 radical (unpaired) electrons. The average molecular weight is 440 g/mol. The van der Waals surface area contributed by atoms with E-state index in [1.165, 1.54) is 11.3 Å². The highest BCUT2D eigenvalue weighted by Gasteiger charge is 2.15. The van der Waals surface area contributed by atoms with Crippen molar-refractivity contribution in [1.82, 2.24) is 4.98 Å². The lowest BCUT2D eigenvalue weighted by Gasteiger charge is -2.23. The number of hydrogen-bond acceptors (Lipinski definition) is 8. The lowest BCUT2D eigenvalue weighted by atomic mass is 10.2. The van der Waals surface area contributed by atoms with E-state index in [4.69, 9.17) is 18.9 Å². The lowest BCUT2D eigenvalue weighted by molar-refractivity contribution is -0.183. The van der Waals surface area contributed by atoms with E-state index < -0.39 is 0 Å². The van der Waals surface area contributed by atoms with Crippen molar-refractivity contribution in [3.63, 3.8) is 0 Å². The van der Waals surface area contributed by atoms with Gasteiger partial charge in [0.05, 0.1) is 38.8 Å². The molecule has 2 heterocycles. The van der Waals surface area contributed by atoms with Crippen molar-refractivity contribution in [3.8, 4) is 22.8 Å². The molecule has 1 aliphatic heterocycles. The first-order chi connectivity index (χ1) is 15.3. The number of para-hydroxylation sites is 1. The van der Waals surface area contributed by atoms with E-state index in [0.29, 0.717) is 29.7 Å². The predicted molar refractivity (Wildman–Crippen MR) is 122 cm³/mol. The van der Waals surface area contributed by atoms with Crippen LogP contribution in [0.25, 0.3) is 11.3 Å². The summed E-state index contributed by atoms with van der Waals surface area (Å²) in [6, 6.07) is 15.7. The van der Waals surface area contributed by atoms with Gasteiger partial charge in [-0.25, -0.2) is 4.98 Å². The van der Waals surface area contributed by atoms with Crippen LogP contribution in [-0.4, -0.2) is 44.4 Å². The number of thiazole rings is 1. The van der Waals surface area contributed by atoms with Gasteiger partial charge < -0.3 is 18.9 Å². The van der Waals surface area contributed by atoms with Gasteiger partial charge in [-0.3, -0.25) is 5.43 Å². The standard InChI is InChI=1S/C23H25N3O4S/c1-27-20-10-5-9-18(22(20)30-14-11-21-28-12-6-13-29-21)15-24-26-23-25-19(16-31-23)17-7-3-2-4-8-17/h2-5,7-10,15-16,21H,6,11-14H2,1H3,(H,25,26). The van der Waals surface area contributed by atoms with Crippen LogP contribution in [0.4, 0.5) is 5.13 Å². The molecule has 0 unspecified atom stereocenters. The van der Waals surface area contributed by atoms with Crippen molar-refractivity contribution in [2.75, 3.05) is 32.4 Å². The molecule has 1 N–H and O–H groups in total. The van der Waals surface area contributed by atoms with Crippen molar-refractivity contribution >= 4 is 22.7 Å². The number of aromatic nitrogens is 1. The lowest BCUT2D eigenvalue weighted by Crippen LogP contribution is -2.26. The van der Waals surface area contributed by atoms with Crippen molar-refractivity contribution in [1.29, 1.82) is 0 Å². The summed E-state index contributed by atoms with van der Waals surface area (Å²) >= 11 is 1.50. The first-order valence-corrected chi connectivity index (χ1v) is 11.0. The van der Waals surface area contributed by atoms with Crippen LogP contribution >= 0.6 is 11.3 Å². The van der Waals surface area contributed by atoms with Gasteiger partial charge in [-0.1, -0.05) is 36.4 Å². The van der Waals surface area contributed by atoms with E-state index in [1.807, 2.05) is 53.9 Å². The quantitative estimate of drug-likeness (QED) is 0.381. The third-order valence-corrected chi connectivity index (χ3v) is 5.41. The Balaban J connectivity index is 1.39. The number of nitrogens with one attached hydrogen (secondary N) is 1. The highest BCUT2D eigenvalue weighted by molar-refractivity contribution is 7.14. The van der Waals surface area contributed by atoms with Crippen molar-refractivity contribution in [2.24, 2.45) is 5.10 Å². The van der Waals surface area contributed by atoms with Gasteiger partial charge in [-0.15, -0.1) is 11.3 Å². The van der Waals surface area contributed by atoms with E-state index in [1.54, 1.807) is 13.3 Å². The number of rotatable bonds is 9. The summed E-state index contributed by atoms with van der Waals surface area (Å²) in [5.74, 6) is 1.28. The summed E-state index contributed by atoms with van der Waals surface area (Å²) < 4.78 is 22.6. The molecule has 162 valence electrons. The maximum Gasteiger partial charge on any atom is 0.203 e. The second-order valence-electron chi connectivity index (χ2n) is 6.81. The van der Waals surface area contributed by atoms with E-state index in [2.05, 4.69) is 15.5 Å². The molecular formula is C23H25N3O4S. The second-order valence-corrected chi connectivity index (χ2v) is 7.67. The van der Waals surface area contributed by atoms with Gasteiger partial charge in [0, 0.05) is 22.9 Å². The SMILES string of the molecule is COc1cccc(C=NNc2nc(-c3ccccc3)cs2)c1OCCC1OCCCO1. The van der Waals surface area contributed by atoms with Crippen molar-refractivity contribution in [3.05, 3.63) is 59.5 Å². The van der Waals surface area contributed by atoms with Gasteiger partial charge in [0.15, 0.2) is 17.8 Å². The Labute approximate surface area is 185 Å². The van der Waals surface area contributed by atoms with Crippen LogP contribution in [0.3, 0.4) is 0 Å². The molecule has 1 aromatic heterocycles. The van der Waals surface area contributed by atoms with Crippen LogP contribution in [0.15, 0.2) is 59.0 Å². The molecular weight excluding hydrogens is 414 g/mol. The molecule has 31 heavy (non-hydrogen) atoms. The van der Waals surface area contributed by atoms with Gasteiger partial charge in [-0.05, 0) is 18.6 Å². The van der Waals surface area contributed by atoms with E-state index in [9.17, 15) is 0 Å². The summed E-state index contributed by atoms with van der Waals surface area (Å²) in [7, 11) is 1.62. The number of hydrazone groups is 1. The van der Waals surface area contributed by atoms with E-state index in [0.717, 1.165) is 36.5 Å². The van der Waals surface area contributed by atoms with Crippen LogP contribution in [-0.2, 0) is 9.47 Å². The molecule has 0 saturated carbocycles. The van der Waals surface area contributed by atoms with E-state index in [-0.39, 0.29) is 6.29 Å². The van der Waals surface area contributed by atoms with Crippen LogP contribution < -0.4 is 14.9 Å². The zero-order valence-electron chi connectivity index (χ0n) is 17.3. The number of ether oxygens (including phenoxy) is 4. The number of benzene rings is 2. The minimum absolute atomic E-state index is 0.217. The Kier molecular flexibility index (Phi) is 7.49. The zero-order valence-corrected chi connectivity index (χ0v) is 18.1. The summed E-state index contributed by atoms with van der Waals surface area (Å²) in [5, 5.41) is 7.06. The molecule has 1 fully saturated rings. The summed E-state index contributed by atoms with van der Waals surface area (Å²) in [5.41, 5.74) is 5.79.